The van der Waals surface area contributed by atoms with E-state index < -0.39 is 0 Å². The number of nitrogens with one attached hydrogen (secondary N) is 1. The van der Waals surface area contributed by atoms with Gasteiger partial charge in [-0.2, -0.15) is 0 Å². The van der Waals surface area contributed by atoms with Crippen molar-refractivity contribution in [1.82, 2.24) is 4.98 Å². The monoisotopic (exact) mass is 171 g/mol. The second-order valence-corrected chi connectivity index (χ2v) is 2.82. The Hall–Kier alpha value is -0.760. The number of aromatic nitrogens is 1. The predicted molar refractivity (Wildman–Crippen MR) is 46.1 cm³/mol. The number of hydrogen-bond acceptors (Lipinski definition) is 1. The highest BCUT2D eigenvalue weighted by atomic mass is 35.5. The first-order chi connectivity index (χ1) is 5.24. The Morgan fingerprint density at radius 3 is 2.82 bits per heavy atom. The van der Waals surface area contributed by atoms with E-state index in [1.54, 1.807) is 12.1 Å². The summed E-state index contributed by atoms with van der Waals surface area (Å²) in [5, 5.41) is 0.398. The van der Waals surface area contributed by atoms with Crippen LogP contribution in [0.4, 0.5) is 0 Å². The van der Waals surface area contributed by atoms with E-state index in [1.807, 2.05) is 6.92 Å². The average molecular weight is 172 g/mol. The van der Waals surface area contributed by atoms with Crippen molar-refractivity contribution in [1.29, 1.82) is 0 Å². The molecule has 0 unspecified atom stereocenters. The first-order valence-corrected chi connectivity index (χ1v) is 3.99. The molecule has 60 valence electrons. The van der Waals surface area contributed by atoms with Gasteiger partial charge in [-0.25, -0.2) is 0 Å². The summed E-state index contributed by atoms with van der Waals surface area (Å²) in [5.41, 5.74) is 0.733. The normalized spacial score (nSPS) is 10.0. The van der Waals surface area contributed by atoms with Crippen molar-refractivity contribution in [2.75, 3.05) is 0 Å². The van der Waals surface area contributed by atoms with Crippen molar-refractivity contribution in [2.24, 2.45) is 0 Å². The molecule has 0 aliphatic heterocycles. The molecule has 11 heavy (non-hydrogen) atoms. The summed E-state index contributed by atoms with van der Waals surface area (Å²) in [5.74, 6) is 0. The smallest absolute Gasteiger partial charge is 0.252 e. The summed E-state index contributed by atoms with van der Waals surface area (Å²) >= 11 is 5.56. The van der Waals surface area contributed by atoms with E-state index in [4.69, 9.17) is 11.6 Å². The van der Waals surface area contributed by atoms with E-state index in [-0.39, 0.29) is 5.56 Å². The van der Waals surface area contributed by atoms with Gasteiger partial charge in [0.05, 0.1) is 0 Å². The van der Waals surface area contributed by atoms with Crippen molar-refractivity contribution in [3.05, 3.63) is 33.2 Å². The van der Waals surface area contributed by atoms with Gasteiger partial charge in [-0.1, -0.05) is 31.0 Å². The van der Waals surface area contributed by atoms with Crippen LogP contribution in [0, 0.1) is 0 Å². The van der Waals surface area contributed by atoms with E-state index in [0.29, 0.717) is 5.15 Å². The van der Waals surface area contributed by atoms with Crippen LogP contribution in [0.3, 0.4) is 0 Å². The third-order valence-corrected chi connectivity index (χ3v) is 1.70. The van der Waals surface area contributed by atoms with Crippen molar-refractivity contribution in [3.8, 4) is 0 Å². The number of halogens is 1. The van der Waals surface area contributed by atoms with Gasteiger partial charge in [-0.05, 0) is 12.5 Å². The van der Waals surface area contributed by atoms with Gasteiger partial charge in [0.15, 0.2) is 0 Å². The molecule has 0 saturated carbocycles. The first kappa shape index (κ1) is 8.34. The van der Waals surface area contributed by atoms with Crippen LogP contribution < -0.4 is 5.56 Å². The minimum atomic E-state index is -0.0700. The van der Waals surface area contributed by atoms with Crippen LogP contribution in [0.1, 0.15) is 18.9 Å². The molecule has 0 aliphatic rings. The Labute approximate surface area is 70.2 Å². The second kappa shape index (κ2) is 3.58. The molecule has 0 amide bonds. The summed E-state index contributed by atoms with van der Waals surface area (Å²) in [6.45, 7) is 2.04. The summed E-state index contributed by atoms with van der Waals surface area (Å²) < 4.78 is 0. The van der Waals surface area contributed by atoms with Gasteiger partial charge in [0.25, 0.3) is 5.56 Å². The molecule has 0 bridgehead atoms. The van der Waals surface area contributed by atoms with Crippen LogP contribution in [0.2, 0.25) is 5.15 Å². The van der Waals surface area contributed by atoms with Gasteiger partial charge in [-0.3, -0.25) is 4.79 Å². The van der Waals surface area contributed by atoms with Crippen molar-refractivity contribution >= 4 is 11.6 Å². The Kier molecular flexibility index (Phi) is 2.71. The topological polar surface area (TPSA) is 32.9 Å². The summed E-state index contributed by atoms with van der Waals surface area (Å²) in [6.07, 6.45) is 1.79. The zero-order valence-electron chi connectivity index (χ0n) is 6.36. The molecular weight excluding hydrogens is 162 g/mol. The first-order valence-electron chi connectivity index (χ1n) is 3.61. The summed E-state index contributed by atoms with van der Waals surface area (Å²) in [4.78, 5) is 13.6. The lowest BCUT2D eigenvalue weighted by atomic mass is 10.2. The predicted octanol–water partition coefficient (Wildman–Crippen LogP) is 1.98. The van der Waals surface area contributed by atoms with Crippen LogP contribution in [0.25, 0.3) is 0 Å². The fourth-order valence-electron chi connectivity index (χ4n) is 0.946. The molecule has 0 aromatic carbocycles. The van der Waals surface area contributed by atoms with Gasteiger partial charge in [0.1, 0.15) is 5.15 Å². The Morgan fingerprint density at radius 2 is 2.27 bits per heavy atom. The van der Waals surface area contributed by atoms with E-state index in [2.05, 4.69) is 4.98 Å². The molecule has 1 aromatic rings. The fraction of sp³-hybridized carbons (Fsp3) is 0.375. The highest BCUT2D eigenvalue weighted by Crippen LogP contribution is 2.02. The maximum atomic E-state index is 11.1. The second-order valence-electron chi connectivity index (χ2n) is 2.41. The number of aromatic amines is 1. The van der Waals surface area contributed by atoms with Gasteiger partial charge in [0.2, 0.25) is 0 Å². The largest absolute Gasteiger partial charge is 0.313 e. The van der Waals surface area contributed by atoms with Crippen LogP contribution in [-0.2, 0) is 6.42 Å². The molecule has 1 rings (SSSR count). The molecule has 0 fully saturated rings. The number of rotatable bonds is 2. The van der Waals surface area contributed by atoms with Crippen molar-refractivity contribution in [3.63, 3.8) is 0 Å². The molecule has 1 aromatic heterocycles. The number of aryl methyl sites for hydroxylation is 1. The van der Waals surface area contributed by atoms with Crippen LogP contribution in [-0.4, -0.2) is 4.98 Å². The molecule has 0 aliphatic carbocycles. The van der Waals surface area contributed by atoms with E-state index in [0.717, 1.165) is 18.4 Å². The molecule has 1 heterocycles. The Bertz CT molecular complexity index is 292. The third kappa shape index (κ3) is 2.09. The number of pyridine rings is 1. The van der Waals surface area contributed by atoms with Crippen LogP contribution in [0.5, 0.6) is 0 Å². The molecule has 0 spiro atoms. The van der Waals surface area contributed by atoms with E-state index in [9.17, 15) is 4.79 Å². The third-order valence-electron chi connectivity index (χ3n) is 1.47. The van der Waals surface area contributed by atoms with E-state index >= 15 is 0 Å². The van der Waals surface area contributed by atoms with Crippen LogP contribution in [0.15, 0.2) is 16.9 Å². The molecular formula is C8H10ClNO. The van der Waals surface area contributed by atoms with Gasteiger partial charge >= 0.3 is 0 Å². The fourth-order valence-corrected chi connectivity index (χ4v) is 1.09. The number of hydrogen-bond donors (Lipinski definition) is 1. The summed E-state index contributed by atoms with van der Waals surface area (Å²) in [7, 11) is 0. The SMILES string of the molecule is CCCc1ccc(Cl)[nH]c1=O. The minimum absolute atomic E-state index is 0.0700. The van der Waals surface area contributed by atoms with Crippen LogP contribution >= 0.6 is 11.6 Å². The van der Waals surface area contributed by atoms with Crippen molar-refractivity contribution < 1.29 is 0 Å². The molecule has 0 radical (unpaired) electrons. The molecule has 0 saturated heterocycles. The number of H-pyrrole nitrogens is 1. The van der Waals surface area contributed by atoms with Gasteiger partial charge < -0.3 is 4.98 Å². The average Bonchev–Trinajstić information content (AvgIpc) is 1.95. The molecule has 3 heteroatoms. The standard InChI is InChI=1S/C8H10ClNO/c1-2-3-6-4-5-7(9)10-8(6)11/h4-5H,2-3H2,1H3,(H,10,11). The zero-order valence-corrected chi connectivity index (χ0v) is 7.11. The van der Waals surface area contributed by atoms with E-state index in [1.165, 1.54) is 0 Å². The lowest BCUT2D eigenvalue weighted by molar-refractivity contribution is 0.900. The Morgan fingerprint density at radius 1 is 1.55 bits per heavy atom. The molecule has 0 atom stereocenters. The zero-order chi connectivity index (χ0) is 8.27. The quantitative estimate of drug-likeness (QED) is 0.679. The lowest BCUT2D eigenvalue weighted by Crippen LogP contribution is -2.11. The Balaban J connectivity index is 3.00. The molecule has 1 N–H and O–H groups in total. The molecule has 2 nitrogen and oxygen atoms in total. The minimum Gasteiger partial charge on any atom is -0.313 e. The maximum Gasteiger partial charge on any atom is 0.252 e. The highest BCUT2D eigenvalue weighted by molar-refractivity contribution is 6.29. The van der Waals surface area contributed by atoms with Crippen molar-refractivity contribution in [2.45, 2.75) is 19.8 Å². The van der Waals surface area contributed by atoms with Gasteiger partial charge in [-0.15, -0.1) is 0 Å². The highest BCUT2D eigenvalue weighted by Gasteiger charge is 1.97. The lowest BCUT2D eigenvalue weighted by Gasteiger charge is -1.95. The maximum absolute atomic E-state index is 11.1. The van der Waals surface area contributed by atoms with Gasteiger partial charge in [0, 0.05) is 5.56 Å². The summed E-state index contributed by atoms with van der Waals surface area (Å²) in [6, 6.07) is 3.47.